The van der Waals surface area contributed by atoms with Crippen LogP contribution in [0.5, 0.6) is 0 Å². The summed E-state index contributed by atoms with van der Waals surface area (Å²) in [5, 5.41) is 9.15. The van der Waals surface area contributed by atoms with Crippen LogP contribution in [0.3, 0.4) is 0 Å². The van der Waals surface area contributed by atoms with E-state index in [0.717, 1.165) is 35.5 Å². The standard InChI is InChI=1S/C17H22N4O2/c1-10-9-11(2)18-16-14(10)19-15(12-3-4-12)21(16)13-5-7-20(8-6-13)17(22)23/h9,12-13H,3-8H2,1-2H3,(H,22,23). The van der Waals surface area contributed by atoms with Gasteiger partial charge in [-0.25, -0.2) is 14.8 Å². The maximum absolute atomic E-state index is 11.1. The number of nitrogens with zero attached hydrogens (tertiary/aromatic N) is 4. The second-order valence-electron chi connectivity index (χ2n) is 6.87. The molecule has 1 amide bonds. The summed E-state index contributed by atoms with van der Waals surface area (Å²) in [7, 11) is 0. The van der Waals surface area contributed by atoms with E-state index in [2.05, 4.69) is 17.6 Å². The number of imidazole rings is 1. The van der Waals surface area contributed by atoms with E-state index in [-0.39, 0.29) is 0 Å². The van der Waals surface area contributed by atoms with E-state index >= 15 is 0 Å². The van der Waals surface area contributed by atoms with Crippen molar-refractivity contribution in [1.82, 2.24) is 19.4 Å². The Morgan fingerprint density at radius 1 is 1.17 bits per heavy atom. The lowest BCUT2D eigenvalue weighted by Gasteiger charge is -2.31. The molecule has 0 bridgehead atoms. The van der Waals surface area contributed by atoms with Crippen LogP contribution >= 0.6 is 0 Å². The van der Waals surface area contributed by atoms with Gasteiger partial charge in [0, 0.05) is 30.7 Å². The minimum atomic E-state index is -0.814. The molecule has 0 aromatic carbocycles. The van der Waals surface area contributed by atoms with E-state index < -0.39 is 6.09 Å². The molecule has 1 N–H and O–H groups in total. The first-order valence-corrected chi connectivity index (χ1v) is 8.38. The van der Waals surface area contributed by atoms with Gasteiger partial charge in [0.05, 0.1) is 0 Å². The monoisotopic (exact) mass is 314 g/mol. The van der Waals surface area contributed by atoms with E-state index in [4.69, 9.17) is 15.1 Å². The molecule has 6 nitrogen and oxygen atoms in total. The molecular weight excluding hydrogens is 292 g/mol. The number of carboxylic acid groups (broad SMARTS) is 1. The van der Waals surface area contributed by atoms with Gasteiger partial charge < -0.3 is 14.6 Å². The van der Waals surface area contributed by atoms with Crippen molar-refractivity contribution in [2.45, 2.75) is 51.5 Å². The van der Waals surface area contributed by atoms with E-state index in [1.807, 2.05) is 6.92 Å². The average Bonchev–Trinajstić information content (AvgIpc) is 3.28. The summed E-state index contributed by atoms with van der Waals surface area (Å²) in [6, 6.07) is 2.39. The SMILES string of the molecule is Cc1cc(C)c2nc(C3CC3)n(C3CCN(C(=O)O)CC3)c2n1. The van der Waals surface area contributed by atoms with Gasteiger partial charge in [0.1, 0.15) is 11.3 Å². The number of amides is 1. The smallest absolute Gasteiger partial charge is 0.407 e. The lowest BCUT2D eigenvalue weighted by Crippen LogP contribution is -2.38. The number of piperidine rings is 1. The predicted octanol–water partition coefficient (Wildman–Crippen LogP) is 3.24. The van der Waals surface area contributed by atoms with E-state index in [9.17, 15) is 4.79 Å². The molecule has 23 heavy (non-hydrogen) atoms. The molecule has 1 saturated heterocycles. The molecule has 2 aromatic heterocycles. The Kier molecular flexibility index (Phi) is 3.28. The Hall–Kier alpha value is -2.11. The lowest BCUT2D eigenvalue weighted by atomic mass is 10.0. The van der Waals surface area contributed by atoms with E-state index in [0.29, 0.717) is 25.0 Å². The van der Waals surface area contributed by atoms with Crippen molar-refractivity contribution in [1.29, 1.82) is 0 Å². The van der Waals surface area contributed by atoms with Crippen molar-refractivity contribution in [3.63, 3.8) is 0 Å². The number of aromatic nitrogens is 3. The molecule has 0 unspecified atom stereocenters. The van der Waals surface area contributed by atoms with Crippen LogP contribution < -0.4 is 0 Å². The summed E-state index contributed by atoms with van der Waals surface area (Å²) < 4.78 is 2.33. The van der Waals surface area contributed by atoms with E-state index in [1.54, 1.807) is 0 Å². The van der Waals surface area contributed by atoms with Crippen molar-refractivity contribution in [3.05, 3.63) is 23.1 Å². The summed E-state index contributed by atoms with van der Waals surface area (Å²) in [5.74, 6) is 1.72. The van der Waals surface area contributed by atoms with E-state index in [1.165, 1.54) is 23.3 Å². The number of hydrogen-bond acceptors (Lipinski definition) is 3. The van der Waals surface area contributed by atoms with Gasteiger partial charge in [0.15, 0.2) is 5.65 Å². The number of carbonyl (C=O) groups is 1. The topological polar surface area (TPSA) is 71.2 Å². The molecule has 6 heteroatoms. The molecular formula is C17H22N4O2. The zero-order valence-corrected chi connectivity index (χ0v) is 13.6. The first-order chi connectivity index (χ1) is 11.0. The molecule has 2 aromatic rings. The first kappa shape index (κ1) is 14.5. The highest BCUT2D eigenvalue weighted by molar-refractivity contribution is 5.76. The largest absolute Gasteiger partial charge is 0.465 e. The Morgan fingerprint density at radius 2 is 1.87 bits per heavy atom. The summed E-state index contributed by atoms with van der Waals surface area (Å²) >= 11 is 0. The van der Waals surface area contributed by atoms with Crippen LogP contribution in [0.2, 0.25) is 0 Å². The van der Waals surface area contributed by atoms with Crippen LogP contribution in [0.1, 0.15) is 54.7 Å². The summed E-state index contributed by atoms with van der Waals surface area (Å²) in [5.41, 5.74) is 4.19. The maximum Gasteiger partial charge on any atom is 0.407 e. The summed E-state index contributed by atoms with van der Waals surface area (Å²) in [6.07, 6.45) is 3.27. The van der Waals surface area contributed by atoms with Gasteiger partial charge in [0.25, 0.3) is 0 Å². The Labute approximate surface area is 135 Å². The highest BCUT2D eigenvalue weighted by Gasteiger charge is 2.34. The second kappa shape index (κ2) is 5.22. The molecule has 0 spiro atoms. The van der Waals surface area contributed by atoms with Crippen LogP contribution in [0.4, 0.5) is 4.79 Å². The Balaban J connectivity index is 1.76. The minimum absolute atomic E-state index is 0.305. The molecule has 4 rings (SSSR count). The van der Waals surface area contributed by atoms with Crippen molar-refractivity contribution in [3.8, 4) is 0 Å². The van der Waals surface area contributed by atoms with Crippen molar-refractivity contribution >= 4 is 17.3 Å². The maximum atomic E-state index is 11.1. The fourth-order valence-corrected chi connectivity index (χ4v) is 3.70. The zero-order valence-electron chi connectivity index (χ0n) is 13.6. The molecule has 3 heterocycles. The molecule has 1 saturated carbocycles. The number of pyridine rings is 1. The Morgan fingerprint density at radius 3 is 2.48 bits per heavy atom. The molecule has 0 atom stereocenters. The van der Waals surface area contributed by atoms with Gasteiger partial charge in [-0.05, 0) is 51.2 Å². The minimum Gasteiger partial charge on any atom is -0.465 e. The number of fused-ring (bicyclic) bond motifs is 1. The number of aryl methyl sites for hydroxylation is 2. The van der Waals surface area contributed by atoms with Crippen molar-refractivity contribution in [2.24, 2.45) is 0 Å². The molecule has 2 fully saturated rings. The zero-order chi connectivity index (χ0) is 16.1. The van der Waals surface area contributed by atoms with Crippen LogP contribution in [-0.2, 0) is 0 Å². The van der Waals surface area contributed by atoms with Gasteiger partial charge in [0.2, 0.25) is 0 Å². The number of rotatable bonds is 2. The van der Waals surface area contributed by atoms with Gasteiger partial charge >= 0.3 is 6.09 Å². The van der Waals surface area contributed by atoms with Crippen LogP contribution in [0.15, 0.2) is 6.07 Å². The Bertz CT molecular complexity index is 770. The highest BCUT2D eigenvalue weighted by atomic mass is 16.4. The van der Waals surface area contributed by atoms with Crippen molar-refractivity contribution in [2.75, 3.05) is 13.1 Å². The van der Waals surface area contributed by atoms with Gasteiger partial charge in [-0.1, -0.05) is 0 Å². The van der Waals surface area contributed by atoms with Crippen molar-refractivity contribution < 1.29 is 9.90 Å². The van der Waals surface area contributed by atoms with Gasteiger partial charge in [-0.15, -0.1) is 0 Å². The molecule has 1 aliphatic heterocycles. The third kappa shape index (κ3) is 2.46. The predicted molar refractivity (Wildman–Crippen MR) is 86.8 cm³/mol. The number of hydrogen-bond donors (Lipinski definition) is 1. The molecule has 2 aliphatic rings. The molecule has 1 aliphatic carbocycles. The van der Waals surface area contributed by atoms with Gasteiger partial charge in [-0.3, -0.25) is 0 Å². The average molecular weight is 314 g/mol. The van der Waals surface area contributed by atoms with Gasteiger partial charge in [-0.2, -0.15) is 0 Å². The quantitative estimate of drug-likeness (QED) is 0.923. The third-order valence-corrected chi connectivity index (χ3v) is 5.04. The van der Waals surface area contributed by atoms with Crippen LogP contribution in [0, 0.1) is 13.8 Å². The summed E-state index contributed by atoms with van der Waals surface area (Å²) in [6.45, 7) is 5.30. The molecule has 122 valence electrons. The lowest BCUT2D eigenvalue weighted by molar-refractivity contribution is 0.125. The van der Waals surface area contributed by atoms with Crippen LogP contribution in [0.25, 0.3) is 11.2 Å². The third-order valence-electron chi connectivity index (χ3n) is 5.04. The second-order valence-corrected chi connectivity index (χ2v) is 6.87. The fraction of sp³-hybridized carbons (Fsp3) is 0.588. The molecule has 0 radical (unpaired) electrons. The summed E-state index contributed by atoms with van der Waals surface area (Å²) in [4.78, 5) is 22.3. The number of likely N-dealkylation sites (tertiary alicyclic amines) is 1. The highest BCUT2D eigenvalue weighted by Crippen LogP contribution is 2.43. The first-order valence-electron chi connectivity index (χ1n) is 8.38. The van der Waals surface area contributed by atoms with Crippen LogP contribution in [-0.4, -0.2) is 43.7 Å². The normalized spacial score (nSPS) is 19.5. The fourth-order valence-electron chi connectivity index (χ4n) is 3.70.